The summed E-state index contributed by atoms with van der Waals surface area (Å²) < 4.78 is 13.2. The Morgan fingerprint density at radius 1 is 1.38 bits per heavy atom. The van der Waals surface area contributed by atoms with Crippen molar-refractivity contribution < 1.29 is 9.18 Å². The number of carbonyl (C=O) groups excluding carboxylic acids is 1. The van der Waals surface area contributed by atoms with Crippen molar-refractivity contribution in [3.8, 4) is 0 Å². The average molecular weight is 335 g/mol. The number of nitrogens with zero attached hydrogens (tertiary/aromatic N) is 2. The number of urea groups is 1. The first-order chi connectivity index (χ1) is 11.6. The molecule has 2 rings (SSSR count). The van der Waals surface area contributed by atoms with E-state index in [1.807, 2.05) is 13.0 Å². The van der Waals surface area contributed by atoms with Gasteiger partial charge in [-0.2, -0.15) is 0 Å². The minimum absolute atomic E-state index is 0.0750. The van der Waals surface area contributed by atoms with E-state index >= 15 is 0 Å². The molecule has 0 aromatic heterocycles. The zero-order chi connectivity index (χ0) is 17.4. The molecule has 0 unspecified atom stereocenters. The summed E-state index contributed by atoms with van der Waals surface area (Å²) in [5.41, 5.74) is 0.814. The van der Waals surface area contributed by atoms with E-state index in [-0.39, 0.29) is 11.8 Å². The van der Waals surface area contributed by atoms with Crippen LogP contribution in [0.2, 0.25) is 0 Å². The fraction of sp³-hybridized carbons (Fsp3) is 0.632. The van der Waals surface area contributed by atoms with E-state index in [2.05, 4.69) is 17.1 Å². The Balaban J connectivity index is 1.68. The molecule has 4 nitrogen and oxygen atoms in total. The zero-order valence-electron chi connectivity index (χ0n) is 14.9. The van der Waals surface area contributed by atoms with Crippen LogP contribution in [-0.2, 0) is 6.54 Å². The average Bonchev–Trinajstić information content (AvgIpc) is 2.58. The lowest BCUT2D eigenvalue weighted by Gasteiger charge is -2.30. The van der Waals surface area contributed by atoms with Gasteiger partial charge in [0.25, 0.3) is 0 Å². The molecule has 0 atom stereocenters. The molecular formula is C19H30FN3O. The van der Waals surface area contributed by atoms with Gasteiger partial charge in [0.1, 0.15) is 5.82 Å². The minimum atomic E-state index is -0.264. The van der Waals surface area contributed by atoms with Gasteiger partial charge in [0.2, 0.25) is 0 Å². The molecule has 1 aromatic rings. The number of rotatable bonds is 7. The predicted molar refractivity (Wildman–Crippen MR) is 95.3 cm³/mol. The summed E-state index contributed by atoms with van der Waals surface area (Å²) >= 11 is 0. The Hall–Kier alpha value is -1.62. The van der Waals surface area contributed by atoms with Crippen molar-refractivity contribution in [2.45, 2.75) is 39.7 Å². The van der Waals surface area contributed by atoms with Crippen LogP contribution in [0.4, 0.5) is 9.18 Å². The molecule has 1 fully saturated rings. The number of likely N-dealkylation sites (tertiary alicyclic amines) is 1. The predicted octanol–water partition coefficient (Wildman–Crippen LogP) is 3.48. The van der Waals surface area contributed by atoms with Gasteiger partial charge in [0, 0.05) is 19.6 Å². The van der Waals surface area contributed by atoms with Crippen LogP contribution in [0.5, 0.6) is 0 Å². The molecule has 1 aliphatic heterocycles. The van der Waals surface area contributed by atoms with Crippen LogP contribution in [0, 0.1) is 11.7 Å². The number of amides is 2. The molecule has 1 N–H and O–H groups in total. The maximum Gasteiger partial charge on any atom is 0.317 e. The third-order valence-corrected chi connectivity index (χ3v) is 4.73. The lowest BCUT2D eigenvalue weighted by molar-refractivity contribution is 0.185. The molecule has 1 aromatic carbocycles. The van der Waals surface area contributed by atoms with Crippen molar-refractivity contribution in [3.05, 3.63) is 35.6 Å². The van der Waals surface area contributed by atoms with Crippen LogP contribution >= 0.6 is 0 Å². The third kappa shape index (κ3) is 6.11. The summed E-state index contributed by atoms with van der Waals surface area (Å²) in [5, 5.41) is 2.98. The van der Waals surface area contributed by atoms with Gasteiger partial charge < -0.3 is 15.1 Å². The lowest BCUT2D eigenvalue weighted by atomic mass is 9.99. The Bertz CT molecular complexity index is 515. The summed E-state index contributed by atoms with van der Waals surface area (Å²) in [5.74, 6) is 0.585. The molecule has 5 heteroatoms. The molecule has 1 saturated heterocycles. The molecule has 24 heavy (non-hydrogen) atoms. The number of halogens is 1. The number of benzene rings is 1. The van der Waals surface area contributed by atoms with Gasteiger partial charge in [0.05, 0.1) is 0 Å². The standard InChI is InChI=1S/C19H30FN3O/c1-3-23(15-17-6-4-7-18(20)14-17)19(24)21-10-5-11-22-12-8-16(2)9-13-22/h4,6-7,14,16H,3,5,8-13,15H2,1-2H3,(H,21,24). The van der Waals surface area contributed by atoms with E-state index in [9.17, 15) is 9.18 Å². The van der Waals surface area contributed by atoms with Crippen molar-refractivity contribution >= 4 is 6.03 Å². The van der Waals surface area contributed by atoms with Crippen LogP contribution in [0.3, 0.4) is 0 Å². The molecule has 2 amide bonds. The number of hydrogen-bond acceptors (Lipinski definition) is 2. The number of nitrogens with one attached hydrogen (secondary N) is 1. The van der Waals surface area contributed by atoms with Crippen molar-refractivity contribution in [1.82, 2.24) is 15.1 Å². The quantitative estimate of drug-likeness (QED) is 0.774. The maximum absolute atomic E-state index is 13.2. The van der Waals surface area contributed by atoms with E-state index in [0.29, 0.717) is 19.6 Å². The smallest absolute Gasteiger partial charge is 0.317 e. The molecule has 0 saturated carbocycles. The van der Waals surface area contributed by atoms with Crippen LogP contribution in [0.15, 0.2) is 24.3 Å². The van der Waals surface area contributed by atoms with Gasteiger partial charge in [-0.1, -0.05) is 19.1 Å². The lowest BCUT2D eigenvalue weighted by Crippen LogP contribution is -2.41. The second-order valence-corrected chi connectivity index (χ2v) is 6.75. The van der Waals surface area contributed by atoms with Crippen molar-refractivity contribution in [2.24, 2.45) is 5.92 Å². The number of hydrogen-bond donors (Lipinski definition) is 1. The topological polar surface area (TPSA) is 35.6 Å². The molecule has 0 spiro atoms. The van der Waals surface area contributed by atoms with E-state index in [4.69, 9.17) is 0 Å². The number of piperidine rings is 1. The summed E-state index contributed by atoms with van der Waals surface area (Å²) in [7, 11) is 0. The van der Waals surface area contributed by atoms with Crippen molar-refractivity contribution in [3.63, 3.8) is 0 Å². The van der Waals surface area contributed by atoms with Gasteiger partial charge in [0.15, 0.2) is 0 Å². The summed E-state index contributed by atoms with van der Waals surface area (Å²) in [6, 6.07) is 6.34. The monoisotopic (exact) mass is 335 g/mol. The highest BCUT2D eigenvalue weighted by atomic mass is 19.1. The molecule has 0 radical (unpaired) electrons. The van der Waals surface area contributed by atoms with Crippen LogP contribution < -0.4 is 5.32 Å². The van der Waals surface area contributed by atoms with Gasteiger partial charge in [-0.25, -0.2) is 9.18 Å². The molecule has 1 heterocycles. The fourth-order valence-electron chi connectivity index (χ4n) is 3.08. The summed E-state index contributed by atoms with van der Waals surface area (Å²) in [4.78, 5) is 16.5. The SMILES string of the molecule is CCN(Cc1cccc(F)c1)C(=O)NCCCN1CCC(C)CC1. The second-order valence-electron chi connectivity index (χ2n) is 6.75. The number of carbonyl (C=O) groups is 1. The summed E-state index contributed by atoms with van der Waals surface area (Å²) in [6.45, 7) is 9.37. The van der Waals surface area contributed by atoms with Crippen LogP contribution in [0.1, 0.15) is 38.7 Å². The van der Waals surface area contributed by atoms with E-state index < -0.39 is 0 Å². The molecular weight excluding hydrogens is 305 g/mol. The van der Waals surface area contributed by atoms with Gasteiger partial charge in [-0.3, -0.25) is 0 Å². The zero-order valence-corrected chi connectivity index (χ0v) is 14.9. The highest BCUT2D eigenvalue weighted by Crippen LogP contribution is 2.15. The Morgan fingerprint density at radius 3 is 2.79 bits per heavy atom. The normalized spacial score (nSPS) is 16.1. The Morgan fingerprint density at radius 2 is 2.12 bits per heavy atom. The van der Waals surface area contributed by atoms with Gasteiger partial charge >= 0.3 is 6.03 Å². The first-order valence-corrected chi connectivity index (χ1v) is 9.08. The Kier molecular flexibility index (Phi) is 7.50. The van der Waals surface area contributed by atoms with E-state index in [1.54, 1.807) is 11.0 Å². The third-order valence-electron chi connectivity index (χ3n) is 4.73. The highest BCUT2D eigenvalue weighted by Gasteiger charge is 2.15. The van der Waals surface area contributed by atoms with Gasteiger partial charge in [-0.05, 0) is 69.4 Å². The molecule has 1 aliphatic rings. The van der Waals surface area contributed by atoms with Crippen LogP contribution in [0.25, 0.3) is 0 Å². The van der Waals surface area contributed by atoms with Gasteiger partial charge in [-0.15, -0.1) is 0 Å². The Labute approximate surface area is 145 Å². The second kappa shape index (κ2) is 9.62. The summed E-state index contributed by atoms with van der Waals surface area (Å²) in [6.07, 6.45) is 3.53. The van der Waals surface area contributed by atoms with Crippen LogP contribution in [-0.4, -0.2) is 48.6 Å². The van der Waals surface area contributed by atoms with Crippen molar-refractivity contribution in [1.29, 1.82) is 0 Å². The fourth-order valence-corrected chi connectivity index (χ4v) is 3.08. The van der Waals surface area contributed by atoms with E-state index in [0.717, 1.165) is 24.4 Å². The van der Waals surface area contributed by atoms with Crippen molar-refractivity contribution in [2.75, 3.05) is 32.7 Å². The molecule has 134 valence electrons. The minimum Gasteiger partial charge on any atom is -0.338 e. The molecule has 0 bridgehead atoms. The maximum atomic E-state index is 13.2. The highest BCUT2D eigenvalue weighted by molar-refractivity contribution is 5.74. The van der Waals surface area contributed by atoms with E-state index in [1.165, 1.54) is 38.1 Å². The first-order valence-electron chi connectivity index (χ1n) is 9.08. The first kappa shape index (κ1) is 18.7. The molecule has 0 aliphatic carbocycles. The largest absolute Gasteiger partial charge is 0.338 e.